The van der Waals surface area contributed by atoms with E-state index >= 15 is 0 Å². The summed E-state index contributed by atoms with van der Waals surface area (Å²) < 4.78 is 1.05. The van der Waals surface area contributed by atoms with E-state index in [1.807, 2.05) is 17.5 Å². The Hall–Kier alpha value is -0.910. The Morgan fingerprint density at radius 1 is 1.48 bits per heavy atom. The standard InChI is InChI=1S/C16H20BrN3S/c1-20(7-6-15-3-2-8-21-15)16-12(9-13(17)11-19-16)10-18-14-4-5-14/h2-3,8-9,11,14,18H,4-7,10H2,1H3. The Bertz CT molecular complexity index is 581. The van der Waals surface area contributed by atoms with Crippen LogP contribution < -0.4 is 10.2 Å². The fraction of sp³-hybridized carbons (Fsp3) is 0.438. The van der Waals surface area contributed by atoms with Crippen molar-refractivity contribution in [1.82, 2.24) is 10.3 Å². The molecule has 0 amide bonds. The van der Waals surface area contributed by atoms with E-state index in [0.717, 1.165) is 29.8 Å². The lowest BCUT2D eigenvalue weighted by Gasteiger charge is -2.21. The average molecular weight is 366 g/mol. The summed E-state index contributed by atoms with van der Waals surface area (Å²) in [6.45, 7) is 1.89. The van der Waals surface area contributed by atoms with Crippen molar-refractivity contribution in [3.8, 4) is 0 Å². The fourth-order valence-electron chi connectivity index (χ4n) is 2.33. The molecular formula is C16H20BrN3S. The van der Waals surface area contributed by atoms with Gasteiger partial charge < -0.3 is 10.2 Å². The molecule has 0 spiro atoms. The van der Waals surface area contributed by atoms with Gasteiger partial charge in [-0.3, -0.25) is 0 Å². The van der Waals surface area contributed by atoms with Crippen molar-refractivity contribution in [3.05, 3.63) is 44.7 Å². The molecule has 112 valence electrons. The Balaban J connectivity index is 1.66. The summed E-state index contributed by atoms with van der Waals surface area (Å²) in [5, 5.41) is 5.72. The second-order valence-electron chi connectivity index (χ2n) is 5.54. The number of thiophene rings is 1. The van der Waals surface area contributed by atoms with Gasteiger partial charge in [-0.25, -0.2) is 4.98 Å². The minimum Gasteiger partial charge on any atom is -0.359 e. The quantitative estimate of drug-likeness (QED) is 0.807. The lowest BCUT2D eigenvalue weighted by molar-refractivity contribution is 0.682. The van der Waals surface area contributed by atoms with E-state index in [-0.39, 0.29) is 0 Å². The first-order chi connectivity index (χ1) is 10.2. The zero-order valence-electron chi connectivity index (χ0n) is 12.2. The van der Waals surface area contributed by atoms with E-state index in [9.17, 15) is 0 Å². The number of likely N-dealkylation sites (N-methyl/N-ethyl adjacent to an activating group) is 1. The molecule has 2 aromatic rings. The molecule has 3 rings (SSSR count). The number of anilines is 1. The van der Waals surface area contributed by atoms with Crippen molar-refractivity contribution in [3.63, 3.8) is 0 Å². The molecule has 0 unspecified atom stereocenters. The summed E-state index contributed by atoms with van der Waals surface area (Å²) in [7, 11) is 2.13. The van der Waals surface area contributed by atoms with E-state index in [1.54, 1.807) is 0 Å². The minimum absolute atomic E-state index is 0.716. The van der Waals surface area contributed by atoms with Crippen molar-refractivity contribution in [2.45, 2.75) is 31.8 Å². The van der Waals surface area contributed by atoms with E-state index in [0.29, 0.717) is 6.04 Å². The predicted octanol–water partition coefficient (Wildman–Crippen LogP) is 3.84. The van der Waals surface area contributed by atoms with Gasteiger partial charge in [0.2, 0.25) is 0 Å². The van der Waals surface area contributed by atoms with E-state index < -0.39 is 0 Å². The summed E-state index contributed by atoms with van der Waals surface area (Å²) in [6, 6.07) is 7.21. The Morgan fingerprint density at radius 3 is 3.05 bits per heavy atom. The van der Waals surface area contributed by atoms with Gasteiger partial charge in [0.05, 0.1) is 0 Å². The maximum atomic E-state index is 4.62. The number of rotatable bonds is 7. The van der Waals surface area contributed by atoms with Crippen LogP contribution in [0.2, 0.25) is 0 Å². The second-order valence-corrected chi connectivity index (χ2v) is 7.49. The molecule has 0 atom stereocenters. The number of pyridine rings is 1. The first kappa shape index (κ1) is 15.0. The molecular weight excluding hydrogens is 346 g/mol. The zero-order valence-corrected chi connectivity index (χ0v) is 14.6. The van der Waals surface area contributed by atoms with Gasteiger partial charge in [-0.05, 0) is 52.7 Å². The van der Waals surface area contributed by atoms with Gasteiger partial charge in [0.25, 0.3) is 0 Å². The highest BCUT2D eigenvalue weighted by molar-refractivity contribution is 9.10. The van der Waals surface area contributed by atoms with Crippen LogP contribution in [0.4, 0.5) is 5.82 Å². The van der Waals surface area contributed by atoms with Gasteiger partial charge in [0.1, 0.15) is 5.82 Å². The van der Waals surface area contributed by atoms with Crippen LogP contribution in [-0.2, 0) is 13.0 Å². The van der Waals surface area contributed by atoms with Gasteiger partial charge >= 0.3 is 0 Å². The molecule has 0 radical (unpaired) electrons. The summed E-state index contributed by atoms with van der Waals surface area (Å²) in [4.78, 5) is 8.31. The van der Waals surface area contributed by atoms with Gasteiger partial charge in [-0.1, -0.05) is 6.07 Å². The first-order valence-electron chi connectivity index (χ1n) is 7.33. The second kappa shape index (κ2) is 6.90. The van der Waals surface area contributed by atoms with E-state index in [4.69, 9.17) is 0 Å². The van der Waals surface area contributed by atoms with Crippen LogP contribution >= 0.6 is 27.3 Å². The third kappa shape index (κ3) is 4.28. The lowest BCUT2D eigenvalue weighted by atomic mass is 10.2. The molecule has 2 heterocycles. The van der Waals surface area contributed by atoms with E-state index in [1.165, 1.54) is 23.3 Å². The van der Waals surface area contributed by atoms with Crippen LogP contribution in [0.1, 0.15) is 23.3 Å². The molecule has 21 heavy (non-hydrogen) atoms. The summed E-state index contributed by atoms with van der Waals surface area (Å²) in [5.74, 6) is 1.09. The first-order valence-corrected chi connectivity index (χ1v) is 9.01. The van der Waals surface area contributed by atoms with Crippen molar-refractivity contribution < 1.29 is 0 Å². The van der Waals surface area contributed by atoms with Gasteiger partial charge in [0, 0.05) is 47.3 Å². The number of hydrogen-bond donors (Lipinski definition) is 1. The molecule has 5 heteroatoms. The topological polar surface area (TPSA) is 28.2 Å². The summed E-state index contributed by atoms with van der Waals surface area (Å²) in [5.41, 5.74) is 1.27. The summed E-state index contributed by atoms with van der Waals surface area (Å²) >= 11 is 5.35. The third-order valence-electron chi connectivity index (χ3n) is 3.70. The largest absolute Gasteiger partial charge is 0.359 e. The third-order valence-corrected chi connectivity index (χ3v) is 5.07. The van der Waals surface area contributed by atoms with Gasteiger partial charge in [0.15, 0.2) is 0 Å². The number of hydrogen-bond acceptors (Lipinski definition) is 4. The minimum atomic E-state index is 0.716. The van der Waals surface area contributed by atoms with Crippen LogP contribution in [0.3, 0.4) is 0 Å². The lowest BCUT2D eigenvalue weighted by Crippen LogP contribution is -2.25. The Labute approximate surface area is 138 Å². The maximum Gasteiger partial charge on any atom is 0.132 e. The van der Waals surface area contributed by atoms with Crippen LogP contribution in [0.5, 0.6) is 0 Å². The molecule has 1 N–H and O–H groups in total. The molecule has 3 nitrogen and oxygen atoms in total. The maximum absolute atomic E-state index is 4.62. The number of nitrogens with zero attached hydrogens (tertiary/aromatic N) is 2. The van der Waals surface area contributed by atoms with E-state index in [2.05, 4.69) is 61.8 Å². The number of aromatic nitrogens is 1. The SMILES string of the molecule is CN(CCc1cccs1)c1ncc(Br)cc1CNC1CC1. The highest BCUT2D eigenvalue weighted by Gasteiger charge is 2.21. The van der Waals surface area contributed by atoms with Crippen LogP contribution in [0, 0.1) is 0 Å². The molecule has 0 aromatic carbocycles. The number of nitrogens with one attached hydrogen (secondary N) is 1. The molecule has 1 aliphatic carbocycles. The molecule has 0 aliphatic heterocycles. The molecule has 2 aromatic heterocycles. The average Bonchev–Trinajstić information content (AvgIpc) is 3.16. The monoisotopic (exact) mass is 365 g/mol. The molecule has 1 saturated carbocycles. The number of halogens is 1. The van der Waals surface area contributed by atoms with Crippen molar-refractivity contribution in [2.24, 2.45) is 0 Å². The van der Waals surface area contributed by atoms with Crippen LogP contribution in [0.15, 0.2) is 34.2 Å². The zero-order chi connectivity index (χ0) is 14.7. The van der Waals surface area contributed by atoms with Gasteiger partial charge in [-0.15, -0.1) is 11.3 Å². The van der Waals surface area contributed by atoms with Gasteiger partial charge in [-0.2, -0.15) is 0 Å². The molecule has 1 aliphatic rings. The fourth-order valence-corrected chi connectivity index (χ4v) is 3.41. The molecule has 0 saturated heterocycles. The highest BCUT2D eigenvalue weighted by atomic mass is 79.9. The normalized spacial score (nSPS) is 14.4. The predicted molar refractivity (Wildman–Crippen MR) is 93.1 cm³/mol. The van der Waals surface area contributed by atoms with Crippen LogP contribution in [-0.4, -0.2) is 24.6 Å². The van der Waals surface area contributed by atoms with Crippen molar-refractivity contribution in [2.75, 3.05) is 18.5 Å². The highest BCUT2D eigenvalue weighted by Crippen LogP contribution is 2.24. The Morgan fingerprint density at radius 2 is 2.33 bits per heavy atom. The Kier molecular flexibility index (Phi) is 4.93. The van der Waals surface area contributed by atoms with Crippen molar-refractivity contribution in [1.29, 1.82) is 0 Å². The van der Waals surface area contributed by atoms with Crippen LogP contribution in [0.25, 0.3) is 0 Å². The molecule has 0 bridgehead atoms. The molecule has 1 fully saturated rings. The summed E-state index contributed by atoms with van der Waals surface area (Å²) in [6.07, 6.45) is 5.58. The van der Waals surface area contributed by atoms with Crippen molar-refractivity contribution >= 4 is 33.1 Å². The smallest absolute Gasteiger partial charge is 0.132 e.